The van der Waals surface area contributed by atoms with E-state index in [1.807, 2.05) is 13.8 Å². The van der Waals surface area contributed by atoms with Gasteiger partial charge in [-0.25, -0.2) is 0 Å². The van der Waals surface area contributed by atoms with Crippen molar-refractivity contribution in [2.24, 2.45) is 29.1 Å². The summed E-state index contributed by atoms with van der Waals surface area (Å²) in [6, 6.07) is 0. The van der Waals surface area contributed by atoms with Gasteiger partial charge in [0.25, 0.3) is 0 Å². The van der Waals surface area contributed by atoms with Gasteiger partial charge in [0.1, 0.15) is 0 Å². The second-order valence-electron chi connectivity index (χ2n) is 11.3. The van der Waals surface area contributed by atoms with Gasteiger partial charge in [-0.2, -0.15) is 0 Å². The summed E-state index contributed by atoms with van der Waals surface area (Å²) >= 11 is 2.42. The Morgan fingerprint density at radius 3 is 2.52 bits per heavy atom. The Kier molecular flexibility index (Phi) is 8.02. The Balaban J connectivity index is 1.73. The molecule has 3 aliphatic rings. The predicted molar refractivity (Wildman–Crippen MR) is 140 cm³/mol. The molecule has 0 aliphatic heterocycles. The lowest BCUT2D eigenvalue weighted by molar-refractivity contribution is 0.0436. The first-order valence-corrected chi connectivity index (χ1v) is 13.5. The summed E-state index contributed by atoms with van der Waals surface area (Å²) in [4.78, 5) is 0. The van der Waals surface area contributed by atoms with Crippen LogP contribution in [0.15, 0.2) is 47.6 Å². The van der Waals surface area contributed by atoms with Gasteiger partial charge < -0.3 is 10.2 Å². The highest BCUT2D eigenvalue weighted by Crippen LogP contribution is 2.59. The molecule has 2 nitrogen and oxygen atoms in total. The van der Waals surface area contributed by atoms with Crippen LogP contribution in [0, 0.1) is 29.1 Å². The van der Waals surface area contributed by atoms with E-state index in [0.29, 0.717) is 27.1 Å². The van der Waals surface area contributed by atoms with Crippen LogP contribution >= 0.6 is 22.6 Å². The maximum atomic E-state index is 10.3. The monoisotopic (exact) mass is 538 g/mol. The van der Waals surface area contributed by atoms with Crippen LogP contribution in [-0.4, -0.2) is 25.8 Å². The van der Waals surface area contributed by atoms with E-state index in [0.717, 1.165) is 18.4 Å². The largest absolute Gasteiger partial charge is 0.390 e. The fraction of sp³-hybridized carbons (Fsp3) is 0.714. The Bertz CT molecular complexity index is 739. The molecule has 0 aromatic rings. The van der Waals surface area contributed by atoms with E-state index in [-0.39, 0.29) is 12.0 Å². The topological polar surface area (TPSA) is 40.5 Å². The molecular weight excluding hydrogens is 495 g/mol. The molecule has 0 amide bonds. The molecule has 0 radical (unpaired) electrons. The highest BCUT2D eigenvalue weighted by atomic mass is 127. The van der Waals surface area contributed by atoms with Crippen LogP contribution in [0.1, 0.15) is 79.6 Å². The molecule has 3 rings (SSSR count). The molecule has 1 unspecified atom stereocenters. The van der Waals surface area contributed by atoms with E-state index in [9.17, 15) is 10.2 Å². The number of halogens is 1. The van der Waals surface area contributed by atoms with Crippen molar-refractivity contribution in [3.05, 3.63) is 47.6 Å². The van der Waals surface area contributed by atoms with Gasteiger partial charge in [-0.05, 0) is 87.5 Å². The maximum absolute atomic E-state index is 10.3. The quantitative estimate of drug-likeness (QED) is 0.221. The van der Waals surface area contributed by atoms with Gasteiger partial charge in [-0.1, -0.05) is 85.4 Å². The van der Waals surface area contributed by atoms with Crippen LogP contribution < -0.4 is 0 Å². The van der Waals surface area contributed by atoms with Crippen molar-refractivity contribution in [1.29, 1.82) is 0 Å². The molecule has 3 fully saturated rings. The average molecular weight is 539 g/mol. The fourth-order valence-corrected chi connectivity index (χ4v) is 7.23. The standard InChI is InChI=1S/C28H43IO2/c1-18(9-10-19(2)27(4,5)31)23-13-14-24-22(8-7-15-28(23,24)6)12-11-21-16-25(29)20(3)26(30)17-21/h9-12,18-19,23-26,30-31H,3,7-8,13-17H2,1-2,4-6H3/b10-9+,21-11-,22-12+/t18-,19-,23?,24+,25-,26-,28-/m1/s1. The zero-order chi connectivity index (χ0) is 23.0. The lowest BCUT2D eigenvalue weighted by Gasteiger charge is -2.44. The number of fused-ring (bicyclic) bond motifs is 1. The second kappa shape index (κ2) is 9.85. The molecule has 2 N–H and O–H groups in total. The normalized spacial score (nSPS) is 39.3. The van der Waals surface area contributed by atoms with Gasteiger partial charge in [0.05, 0.1) is 11.7 Å². The molecule has 0 saturated heterocycles. The summed E-state index contributed by atoms with van der Waals surface area (Å²) in [6.07, 6.45) is 17.1. The summed E-state index contributed by atoms with van der Waals surface area (Å²) in [7, 11) is 0. The van der Waals surface area contributed by atoms with Crippen molar-refractivity contribution in [3.63, 3.8) is 0 Å². The van der Waals surface area contributed by atoms with Crippen LogP contribution in [0.25, 0.3) is 0 Å². The Morgan fingerprint density at radius 2 is 1.87 bits per heavy atom. The molecule has 3 aliphatic carbocycles. The smallest absolute Gasteiger partial charge is 0.0795 e. The van der Waals surface area contributed by atoms with Crippen molar-refractivity contribution in [2.45, 2.75) is 95.2 Å². The van der Waals surface area contributed by atoms with E-state index in [2.05, 4.69) is 74.2 Å². The highest BCUT2D eigenvalue weighted by molar-refractivity contribution is 14.1. The Labute approximate surface area is 204 Å². The van der Waals surface area contributed by atoms with E-state index in [4.69, 9.17) is 0 Å². The minimum atomic E-state index is -0.664. The predicted octanol–water partition coefficient (Wildman–Crippen LogP) is 7.17. The van der Waals surface area contributed by atoms with Crippen LogP contribution in [0.3, 0.4) is 0 Å². The first kappa shape index (κ1) is 25.2. The third-order valence-corrected chi connectivity index (χ3v) is 9.99. The van der Waals surface area contributed by atoms with E-state index in [1.165, 1.54) is 37.7 Å². The molecule has 0 aromatic heterocycles. The number of hydrogen-bond donors (Lipinski definition) is 2. The maximum Gasteiger partial charge on any atom is 0.0795 e. The third-order valence-electron chi connectivity index (χ3n) is 8.75. The van der Waals surface area contributed by atoms with Crippen LogP contribution in [-0.2, 0) is 0 Å². The molecular formula is C28H43IO2. The number of rotatable bonds is 5. The van der Waals surface area contributed by atoms with Crippen molar-refractivity contribution in [1.82, 2.24) is 0 Å². The molecule has 3 heteroatoms. The summed E-state index contributed by atoms with van der Waals surface area (Å²) < 4.78 is 0.345. The van der Waals surface area contributed by atoms with Gasteiger partial charge in [0.15, 0.2) is 0 Å². The lowest BCUT2D eigenvalue weighted by atomic mass is 9.61. The average Bonchev–Trinajstić information content (AvgIpc) is 3.05. The van der Waals surface area contributed by atoms with Crippen molar-refractivity contribution in [2.75, 3.05) is 0 Å². The van der Waals surface area contributed by atoms with Crippen LogP contribution in [0.4, 0.5) is 0 Å². The van der Waals surface area contributed by atoms with Gasteiger partial charge in [0.2, 0.25) is 0 Å². The van der Waals surface area contributed by atoms with E-state index >= 15 is 0 Å². The van der Waals surface area contributed by atoms with Crippen molar-refractivity contribution < 1.29 is 10.2 Å². The molecule has 0 aromatic carbocycles. The van der Waals surface area contributed by atoms with Gasteiger partial charge in [-0.15, -0.1) is 0 Å². The Morgan fingerprint density at radius 1 is 1.16 bits per heavy atom. The van der Waals surface area contributed by atoms with E-state index < -0.39 is 5.60 Å². The molecule has 7 atom stereocenters. The van der Waals surface area contributed by atoms with Crippen molar-refractivity contribution in [3.8, 4) is 0 Å². The van der Waals surface area contributed by atoms with Gasteiger partial charge >= 0.3 is 0 Å². The molecule has 3 saturated carbocycles. The number of hydrogen-bond acceptors (Lipinski definition) is 2. The summed E-state index contributed by atoms with van der Waals surface area (Å²) in [5, 5.41) is 20.6. The first-order valence-electron chi connectivity index (χ1n) is 12.2. The number of alkyl halides is 1. The first-order chi connectivity index (χ1) is 14.4. The van der Waals surface area contributed by atoms with Crippen LogP contribution in [0.5, 0.6) is 0 Å². The third kappa shape index (κ3) is 5.58. The Hall–Kier alpha value is -0.390. The number of aliphatic hydroxyl groups is 2. The SMILES string of the molecule is C=C1[C@H](O)C/C(=C\C=C2/CCC[C@]3(C)C([C@H](C)/C=C/[C@@H](C)C(C)(C)O)CC[C@@H]23)C[C@H]1I. The van der Waals surface area contributed by atoms with E-state index in [1.54, 1.807) is 5.57 Å². The summed E-state index contributed by atoms with van der Waals surface area (Å²) in [6.45, 7) is 14.9. The highest BCUT2D eigenvalue weighted by Gasteiger charge is 2.50. The molecule has 174 valence electrons. The summed E-state index contributed by atoms with van der Waals surface area (Å²) in [5.41, 5.74) is 3.69. The minimum Gasteiger partial charge on any atom is -0.390 e. The second-order valence-corrected chi connectivity index (χ2v) is 12.8. The molecule has 0 heterocycles. The van der Waals surface area contributed by atoms with Crippen molar-refractivity contribution >= 4 is 22.6 Å². The molecule has 0 spiro atoms. The van der Waals surface area contributed by atoms with Gasteiger partial charge in [-0.3, -0.25) is 0 Å². The molecule has 0 bridgehead atoms. The van der Waals surface area contributed by atoms with Crippen LogP contribution in [0.2, 0.25) is 0 Å². The fourth-order valence-electron chi connectivity index (χ4n) is 6.25. The summed E-state index contributed by atoms with van der Waals surface area (Å²) in [5.74, 6) is 2.09. The zero-order valence-corrected chi connectivity index (χ0v) is 22.4. The number of aliphatic hydroxyl groups excluding tert-OH is 1. The minimum absolute atomic E-state index is 0.164. The molecule has 31 heavy (non-hydrogen) atoms. The van der Waals surface area contributed by atoms with Gasteiger partial charge in [0, 0.05) is 9.84 Å². The number of allylic oxidation sites excluding steroid dienone is 4. The lowest BCUT2D eigenvalue weighted by Crippen LogP contribution is -2.35. The zero-order valence-electron chi connectivity index (χ0n) is 20.2.